The van der Waals surface area contributed by atoms with E-state index < -0.39 is 11.6 Å². The Morgan fingerprint density at radius 2 is 1.75 bits per heavy atom. The molecular weight excluding hydrogens is 232 g/mol. The summed E-state index contributed by atoms with van der Waals surface area (Å²) in [6, 6.07) is 2.31. The van der Waals surface area contributed by atoms with Gasteiger partial charge in [0.05, 0.1) is 4.90 Å². The van der Waals surface area contributed by atoms with Gasteiger partial charge in [-0.25, -0.2) is 8.78 Å². The van der Waals surface area contributed by atoms with Gasteiger partial charge in [0, 0.05) is 24.2 Å². The maximum Gasteiger partial charge on any atom is 0.141 e. The molecule has 5 heteroatoms. The smallest absolute Gasteiger partial charge is 0.141 e. The lowest BCUT2D eigenvalue weighted by molar-refractivity contribution is 0.1000. The second-order valence-electron chi connectivity index (χ2n) is 3.74. The van der Waals surface area contributed by atoms with E-state index in [1.807, 2.05) is 0 Å². The van der Waals surface area contributed by atoms with E-state index in [9.17, 15) is 8.78 Å². The van der Waals surface area contributed by atoms with Crippen molar-refractivity contribution >= 4 is 17.4 Å². The van der Waals surface area contributed by atoms with Crippen molar-refractivity contribution in [3.63, 3.8) is 0 Å². The predicted octanol–water partition coefficient (Wildman–Crippen LogP) is 2.82. The van der Waals surface area contributed by atoms with Crippen molar-refractivity contribution < 1.29 is 13.5 Å². The molecule has 1 aromatic carbocycles. The van der Waals surface area contributed by atoms with E-state index >= 15 is 0 Å². The monoisotopic (exact) mass is 245 g/mol. The van der Waals surface area contributed by atoms with Crippen molar-refractivity contribution in [3.8, 4) is 0 Å². The van der Waals surface area contributed by atoms with Gasteiger partial charge in [0.25, 0.3) is 0 Å². The number of rotatable bonds is 2. The molecule has 0 radical (unpaired) electrons. The fourth-order valence-electron chi connectivity index (χ4n) is 1.65. The summed E-state index contributed by atoms with van der Waals surface area (Å²) >= 11 is 1.24. The Kier molecular flexibility index (Phi) is 3.66. The Balaban J connectivity index is 2.14. The minimum Gasteiger partial charge on any atom is -0.399 e. The molecule has 88 valence electrons. The number of nitrogens with two attached hydrogens (primary N) is 1. The average Bonchev–Trinajstić information content (AvgIpc) is 2.25. The van der Waals surface area contributed by atoms with Crippen molar-refractivity contribution in [2.45, 2.75) is 23.0 Å². The van der Waals surface area contributed by atoms with E-state index in [2.05, 4.69) is 0 Å². The SMILES string of the molecule is Nc1cc(F)c(SC2CCOCC2)c(F)c1. The highest BCUT2D eigenvalue weighted by molar-refractivity contribution is 8.00. The Bertz CT molecular complexity index is 357. The Hall–Kier alpha value is -0.810. The topological polar surface area (TPSA) is 35.2 Å². The highest BCUT2D eigenvalue weighted by atomic mass is 32.2. The lowest BCUT2D eigenvalue weighted by Crippen LogP contribution is -2.17. The maximum atomic E-state index is 13.5. The van der Waals surface area contributed by atoms with Gasteiger partial charge in [0.15, 0.2) is 0 Å². The highest BCUT2D eigenvalue weighted by Crippen LogP contribution is 2.34. The zero-order valence-electron chi connectivity index (χ0n) is 8.71. The number of anilines is 1. The summed E-state index contributed by atoms with van der Waals surface area (Å²) in [4.78, 5) is 0.0705. The molecule has 0 amide bonds. The van der Waals surface area contributed by atoms with Gasteiger partial charge in [-0.15, -0.1) is 11.8 Å². The van der Waals surface area contributed by atoms with E-state index in [1.165, 1.54) is 11.8 Å². The number of halogens is 2. The molecule has 1 aliphatic rings. The Morgan fingerprint density at radius 1 is 1.19 bits per heavy atom. The largest absolute Gasteiger partial charge is 0.399 e. The number of nitrogen functional groups attached to an aromatic ring is 1. The molecule has 0 aliphatic carbocycles. The highest BCUT2D eigenvalue weighted by Gasteiger charge is 2.19. The van der Waals surface area contributed by atoms with Crippen LogP contribution in [0.1, 0.15) is 12.8 Å². The molecule has 2 rings (SSSR count). The number of hydrogen-bond acceptors (Lipinski definition) is 3. The fourth-order valence-corrected chi connectivity index (χ4v) is 2.76. The molecule has 0 aromatic heterocycles. The molecule has 2 N–H and O–H groups in total. The normalized spacial score (nSPS) is 17.6. The second-order valence-corrected chi connectivity index (χ2v) is 5.05. The quantitative estimate of drug-likeness (QED) is 0.814. The van der Waals surface area contributed by atoms with Crippen LogP contribution < -0.4 is 5.73 Å². The average molecular weight is 245 g/mol. The maximum absolute atomic E-state index is 13.5. The van der Waals surface area contributed by atoms with Crippen molar-refractivity contribution in [3.05, 3.63) is 23.8 Å². The summed E-state index contributed by atoms with van der Waals surface area (Å²) in [5.74, 6) is -1.15. The van der Waals surface area contributed by atoms with Gasteiger partial charge in [0.1, 0.15) is 11.6 Å². The van der Waals surface area contributed by atoms with Crippen LogP contribution in [0.4, 0.5) is 14.5 Å². The van der Waals surface area contributed by atoms with Crippen LogP contribution in [0.15, 0.2) is 17.0 Å². The predicted molar refractivity (Wildman–Crippen MR) is 60.5 cm³/mol. The molecule has 0 bridgehead atoms. The van der Waals surface area contributed by atoms with Gasteiger partial charge in [-0.2, -0.15) is 0 Å². The summed E-state index contributed by atoms with van der Waals surface area (Å²) in [6.07, 6.45) is 1.65. The lowest BCUT2D eigenvalue weighted by Gasteiger charge is -2.21. The van der Waals surface area contributed by atoms with E-state index in [1.54, 1.807) is 0 Å². The molecular formula is C11H13F2NOS. The van der Waals surface area contributed by atoms with E-state index in [0.29, 0.717) is 13.2 Å². The first-order valence-electron chi connectivity index (χ1n) is 5.16. The van der Waals surface area contributed by atoms with Crippen LogP contribution in [0, 0.1) is 11.6 Å². The molecule has 1 heterocycles. The third-order valence-electron chi connectivity index (χ3n) is 2.47. The van der Waals surface area contributed by atoms with Gasteiger partial charge < -0.3 is 10.5 Å². The summed E-state index contributed by atoms with van der Waals surface area (Å²) in [5, 5.41) is 0.223. The number of hydrogen-bond donors (Lipinski definition) is 1. The first-order chi connectivity index (χ1) is 7.66. The minimum absolute atomic E-state index is 0.0705. The van der Waals surface area contributed by atoms with E-state index in [4.69, 9.17) is 10.5 Å². The third-order valence-corrected chi connectivity index (χ3v) is 3.90. The van der Waals surface area contributed by atoms with Crippen LogP contribution in [-0.4, -0.2) is 18.5 Å². The van der Waals surface area contributed by atoms with Crippen molar-refractivity contribution in [2.75, 3.05) is 18.9 Å². The fraction of sp³-hybridized carbons (Fsp3) is 0.455. The first kappa shape index (κ1) is 11.7. The molecule has 16 heavy (non-hydrogen) atoms. The zero-order valence-corrected chi connectivity index (χ0v) is 9.53. The number of ether oxygens (including phenoxy) is 1. The van der Waals surface area contributed by atoms with Gasteiger partial charge in [-0.1, -0.05) is 0 Å². The molecule has 0 unspecified atom stereocenters. The lowest BCUT2D eigenvalue weighted by atomic mass is 10.2. The summed E-state index contributed by atoms with van der Waals surface area (Å²) in [5.41, 5.74) is 5.47. The molecule has 1 aromatic rings. The Labute approximate surface area is 97.2 Å². The van der Waals surface area contributed by atoms with Crippen molar-refractivity contribution in [1.82, 2.24) is 0 Å². The van der Waals surface area contributed by atoms with Crippen molar-refractivity contribution in [2.24, 2.45) is 0 Å². The molecule has 2 nitrogen and oxygen atoms in total. The number of benzene rings is 1. The van der Waals surface area contributed by atoms with Gasteiger partial charge in [-0.3, -0.25) is 0 Å². The molecule has 1 aliphatic heterocycles. The van der Waals surface area contributed by atoms with Crippen LogP contribution in [0.5, 0.6) is 0 Å². The van der Waals surface area contributed by atoms with Crippen LogP contribution in [0.2, 0.25) is 0 Å². The second kappa shape index (κ2) is 5.01. The van der Waals surface area contributed by atoms with Crippen LogP contribution in [0.25, 0.3) is 0 Å². The van der Waals surface area contributed by atoms with Gasteiger partial charge in [0.2, 0.25) is 0 Å². The van der Waals surface area contributed by atoms with E-state index in [0.717, 1.165) is 25.0 Å². The van der Waals surface area contributed by atoms with Crippen LogP contribution >= 0.6 is 11.8 Å². The van der Waals surface area contributed by atoms with E-state index in [-0.39, 0.29) is 15.8 Å². The van der Waals surface area contributed by atoms with Crippen LogP contribution in [0.3, 0.4) is 0 Å². The van der Waals surface area contributed by atoms with Gasteiger partial charge in [-0.05, 0) is 25.0 Å². The number of thioether (sulfide) groups is 1. The minimum atomic E-state index is -0.575. The standard InChI is InChI=1S/C11H13F2NOS/c12-9-5-7(14)6-10(13)11(9)16-8-1-3-15-4-2-8/h5-6,8H,1-4,14H2. The zero-order chi connectivity index (χ0) is 11.5. The third kappa shape index (κ3) is 2.65. The molecule has 0 saturated carbocycles. The molecule has 1 saturated heterocycles. The molecule has 0 atom stereocenters. The summed E-state index contributed by atoms with van der Waals surface area (Å²) in [7, 11) is 0. The van der Waals surface area contributed by atoms with Crippen molar-refractivity contribution in [1.29, 1.82) is 0 Å². The molecule has 0 spiro atoms. The summed E-state index contributed by atoms with van der Waals surface area (Å²) < 4.78 is 32.2. The van der Waals surface area contributed by atoms with Gasteiger partial charge >= 0.3 is 0 Å². The first-order valence-corrected chi connectivity index (χ1v) is 6.03. The van der Waals surface area contributed by atoms with Crippen LogP contribution in [-0.2, 0) is 4.74 Å². The Morgan fingerprint density at radius 3 is 2.31 bits per heavy atom. The molecule has 1 fully saturated rings. The summed E-state index contributed by atoms with van der Waals surface area (Å²) in [6.45, 7) is 1.33.